The minimum Gasteiger partial charge on any atom is -0.403 e. The largest absolute Gasteiger partial charge is 0.524 e. The van der Waals surface area contributed by atoms with Gasteiger partial charge in [-0.25, -0.2) is 9.13 Å². The van der Waals surface area contributed by atoms with E-state index < -0.39 is 199 Å². The van der Waals surface area contributed by atoms with Crippen LogP contribution in [0.25, 0.3) is 110 Å². The van der Waals surface area contributed by atoms with Crippen LogP contribution in [0.2, 0.25) is 0 Å². The molecule has 12 aromatic carbocycles. The van der Waals surface area contributed by atoms with Crippen LogP contribution in [-0.2, 0) is 58.5 Å². The molecule has 0 fully saturated rings. The second-order valence-corrected chi connectivity index (χ2v) is 27.6. The summed E-state index contributed by atoms with van der Waals surface area (Å²) in [6.07, 6.45) is -45.3. The molecule has 2 heterocycles. The zero-order valence-corrected chi connectivity index (χ0v) is 53.2. The predicted octanol–water partition coefficient (Wildman–Crippen LogP) is 26.5. The molecule has 0 unspecified atom stereocenters. The number of hydrogen-bond acceptors (Lipinski definition) is 6. The Hall–Kier alpha value is -10.4. The number of rotatable bonds is 6. The maximum Gasteiger partial charge on any atom is 0.524 e. The second-order valence-electron chi connectivity index (χ2n) is 24.0. The van der Waals surface area contributed by atoms with Gasteiger partial charge in [-0.2, -0.15) is 105 Å². The van der Waals surface area contributed by atoms with Gasteiger partial charge in [-0.15, -0.1) is 0 Å². The summed E-state index contributed by atoms with van der Waals surface area (Å²) in [4.78, 5) is 1.83. The summed E-state index contributed by atoms with van der Waals surface area (Å²) in [6.45, 7) is 0. The zero-order chi connectivity index (χ0) is 75.6. The van der Waals surface area contributed by atoms with Gasteiger partial charge in [0.1, 0.15) is 23.0 Å². The Morgan fingerprint density at radius 2 is 0.390 bits per heavy atom. The molecular weight excluding hydrogens is 1490 g/mol. The van der Waals surface area contributed by atoms with E-state index in [9.17, 15) is 0 Å². The fourth-order valence-corrected chi connectivity index (χ4v) is 16.4. The summed E-state index contributed by atoms with van der Waals surface area (Å²) >= 11 is 0. The Kier molecular flexibility index (Phi) is 16.4. The lowest BCUT2D eigenvalue weighted by Gasteiger charge is -2.26. The summed E-state index contributed by atoms with van der Waals surface area (Å²) in [6, 6.07) is 22.8. The van der Waals surface area contributed by atoms with E-state index in [0.29, 0.717) is 0 Å². The molecule has 0 saturated carbocycles. The van der Waals surface area contributed by atoms with Crippen molar-refractivity contribution in [2.24, 2.45) is 0 Å². The average Bonchev–Trinajstić information content (AvgIpc) is 1.61. The third-order valence-electron chi connectivity index (χ3n) is 17.2. The van der Waals surface area contributed by atoms with Gasteiger partial charge >= 0.3 is 64.9 Å². The lowest BCUT2D eigenvalue weighted by atomic mass is 9.85. The molecule has 0 spiro atoms. The molecule has 0 aromatic heterocycles. The van der Waals surface area contributed by atoms with Crippen molar-refractivity contribution in [1.82, 2.24) is 4.86 Å². The first-order valence-corrected chi connectivity index (χ1v) is 33.0. The van der Waals surface area contributed by atoms with Gasteiger partial charge in [0.25, 0.3) is 0 Å². The van der Waals surface area contributed by atoms with Crippen LogP contribution in [0.1, 0.15) is 44.5 Å². The molecule has 0 atom stereocenters. The van der Waals surface area contributed by atoms with Crippen LogP contribution < -0.4 is 23.0 Å². The van der Waals surface area contributed by atoms with Crippen LogP contribution in [-0.4, -0.2) is 0 Å². The third kappa shape index (κ3) is 13.2. The molecule has 0 amide bonds. The van der Waals surface area contributed by atoms with Crippen molar-refractivity contribution in [1.29, 1.82) is 0 Å². The highest BCUT2D eigenvalue weighted by Gasteiger charge is 2.52. The smallest absolute Gasteiger partial charge is 0.403 e. The van der Waals surface area contributed by atoms with Crippen molar-refractivity contribution in [3.63, 3.8) is 0 Å². The van der Waals surface area contributed by atoms with E-state index in [1.807, 2.05) is 4.86 Å². The van der Waals surface area contributed by atoms with Gasteiger partial charge in [0.2, 0.25) is 0 Å². The van der Waals surface area contributed by atoms with Crippen molar-refractivity contribution in [2.45, 2.75) is 49.4 Å². The van der Waals surface area contributed by atoms with Crippen molar-refractivity contribution in [3.05, 3.63) is 239 Å². The van der Waals surface area contributed by atoms with Gasteiger partial charge in [-0.05, 0) is 162 Å². The second kappa shape index (κ2) is 24.1. The minimum atomic E-state index is -6.76. The Balaban J connectivity index is 1.15. The quantitative estimate of drug-likeness (QED) is 0.131. The van der Waals surface area contributed by atoms with Gasteiger partial charge in [0, 0.05) is 44.5 Å². The van der Waals surface area contributed by atoms with E-state index in [-0.39, 0.29) is 116 Å². The van der Waals surface area contributed by atoms with Crippen LogP contribution in [0.5, 0.6) is 23.0 Å². The van der Waals surface area contributed by atoms with Crippen molar-refractivity contribution < 1.29 is 133 Å². The number of benzene rings is 12. The Bertz CT molecular complexity index is 4930. The fraction of sp³-hybridized carbons (Fsp3) is 0.111. The number of halogens is 24. The predicted molar refractivity (Wildman–Crippen MR) is 336 cm³/mol. The van der Waals surface area contributed by atoms with Gasteiger partial charge in [-0.3, -0.25) is 0 Å². The molecule has 2 aliphatic rings. The average molecular weight is 1530 g/mol. The topological polar surface area (TPSA) is 83.1 Å². The first-order chi connectivity index (χ1) is 48.7. The third-order valence-corrected chi connectivity index (χ3v) is 20.8. The lowest BCUT2D eigenvalue weighted by Crippen LogP contribution is -2.22. The molecule has 2 aliphatic heterocycles. The van der Waals surface area contributed by atoms with E-state index in [1.165, 1.54) is 97.1 Å². The normalized spacial score (nSPS) is 14.9. The van der Waals surface area contributed by atoms with Crippen molar-refractivity contribution in [2.75, 3.05) is 0 Å². The number of hydrogen-bond donors (Lipinski definition) is 1. The first-order valence-electron chi connectivity index (χ1n) is 29.9. The van der Waals surface area contributed by atoms with Gasteiger partial charge < -0.3 is 18.1 Å². The SMILES string of the molecule is O=P1(NP2(=O)Oc3c(-c4cc(C(F)(F)F)cc(C(F)(F)F)c4)cc4ccccc4c3-c3c(c(-c4cc(C(F)(F)F)cc(C(F)(F)F)c4)cc4ccccc34)O2)Oc2c(-c3cc(C(F)(F)F)cc(C(F)(F)F)c3)cc3ccccc3c2-c2c(c(-c3cc(C(F)(F)F)cc(C(F)(F)F)c3)cc3ccccc23)O1. The highest BCUT2D eigenvalue weighted by atomic mass is 31.3. The van der Waals surface area contributed by atoms with Crippen molar-refractivity contribution >= 4 is 58.6 Å². The van der Waals surface area contributed by atoms with E-state index in [4.69, 9.17) is 18.1 Å². The van der Waals surface area contributed by atoms with Crippen molar-refractivity contribution in [3.8, 4) is 89.8 Å². The molecule has 12 aromatic rings. The van der Waals surface area contributed by atoms with Gasteiger partial charge in [0.05, 0.1) is 44.5 Å². The monoisotopic (exact) mass is 1530 g/mol. The van der Waals surface area contributed by atoms with Crippen LogP contribution in [0.15, 0.2) is 194 Å². The van der Waals surface area contributed by atoms with E-state index in [2.05, 4.69) is 0 Å². The Morgan fingerprint density at radius 1 is 0.229 bits per heavy atom. The molecule has 7 nitrogen and oxygen atoms in total. The molecule has 0 radical (unpaired) electrons. The number of fused-ring (bicyclic) bond motifs is 14. The Morgan fingerprint density at radius 3 is 0.552 bits per heavy atom. The van der Waals surface area contributed by atoms with E-state index >= 15 is 115 Å². The summed E-state index contributed by atoms with van der Waals surface area (Å²) in [5, 5.41) is -1.91. The fourth-order valence-electron chi connectivity index (χ4n) is 12.7. The number of nitrogens with one attached hydrogen (secondary N) is 1. The molecule has 540 valence electrons. The highest BCUT2D eigenvalue weighted by molar-refractivity contribution is 7.68. The maximum absolute atomic E-state index is 17.2. The highest BCUT2D eigenvalue weighted by Crippen LogP contribution is 2.69. The zero-order valence-electron chi connectivity index (χ0n) is 51.4. The Labute approximate surface area is 571 Å². The van der Waals surface area contributed by atoms with Crippen LogP contribution in [0, 0.1) is 0 Å². The van der Waals surface area contributed by atoms with Crippen LogP contribution in [0.4, 0.5) is 105 Å². The maximum atomic E-state index is 17.2. The minimum absolute atomic E-state index is 0.130. The molecule has 0 saturated heterocycles. The van der Waals surface area contributed by atoms with Gasteiger partial charge in [0.15, 0.2) is 0 Å². The van der Waals surface area contributed by atoms with E-state index in [0.717, 1.165) is 24.3 Å². The summed E-state index contributed by atoms with van der Waals surface area (Å²) in [5.74, 6) is -4.92. The molecular formula is C72H33F24NO6P2. The molecule has 1 N–H and O–H groups in total. The molecule has 14 rings (SSSR count). The molecule has 0 bridgehead atoms. The van der Waals surface area contributed by atoms with Crippen LogP contribution in [0.3, 0.4) is 0 Å². The molecule has 0 aliphatic carbocycles. The first kappa shape index (κ1) is 71.6. The van der Waals surface area contributed by atoms with E-state index in [1.54, 1.807) is 0 Å². The molecule has 105 heavy (non-hydrogen) atoms. The van der Waals surface area contributed by atoms with Crippen LogP contribution >= 0.6 is 15.5 Å². The lowest BCUT2D eigenvalue weighted by molar-refractivity contribution is -0.144. The van der Waals surface area contributed by atoms with Gasteiger partial charge in [-0.1, -0.05) is 102 Å². The summed E-state index contributed by atoms with van der Waals surface area (Å²) < 4.78 is 420. The standard InChI is InChI=1S/C72H33F24NO6P2/c73-65(74,75)41-17-37(18-42(29-41)66(76,77)78)53-25-33-9-1-5-13-49(33)57-58-50-14-6-2-10-34(50)26-54(38-19-43(67(79,80)81)30-44(20-38)68(82,83)84)62(58)101-104(98,100-61(53)57)97-105(99)102-63-55(39-21-45(69(85,86)87)31-46(22-39)70(88,89)90)27-35-11-3-7-15-51(35)59(63)60-52-16-8-4-12-36(52)28-56(64(60)103-105)40-23-47(71(91,92)93)32-48(24-40)72(94,95)96/h1-32H,(H,97,98,99). The number of alkyl halides is 24. The summed E-state index contributed by atoms with van der Waals surface area (Å²) in [5.41, 5.74) is -27.5. The molecule has 33 heteroatoms. The summed E-state index contributed by atoms with van der Waals surface area (Å²) in [7, 11) is -13.5.